The molecule has 1 aromatic rings. The maximum Gasteiger partial charge on any atom is 0.307 e. The van der Waals surface area contributed by atoms with Crippen LogP contribution in [-0.4, -0.2) is 27.0 Å². The third-order valence-electron chi connectivity index (χ3n) is 3.62. The minimum absolute atomic E-state index is 0.109. The first-order valence-electron chi connectivity index (χ1n) is 6.85. The molecule has 1 atom stereocenters. The number of aliphatic carboxylic acids is 1. The summed E-state index contributed by atoms with van der Waals surface area (Å²) in [5.41, 5.74) is 5.57. The van der Waals surface area contributed by atoms with Gasteiger partial charge in [-0.05, 0) is 26.3 Å². The fourth-order valence-corrected chi connectivity index (χ4v) is 2.36. The van der Waals surface area contributed by atoms with Crippen LogP contribution in [0.4, 0.5) is 11.6 Å². The zero-order valence-corrected chi connectivity index (χ0v) is 13.1. The van der Waals surface area contributed by atoms with E-state index in [4.69, 9.17) is 15.6 Å². The Morgan fingerprint density at radius 1 is 1.52 bits per heavy atom. The molecule has 122 valence electrons. The maximum atomic E-state index is 12.4. The topological polar surface area (TPSA) is 127 Å². The van der Waals surface area contributed by atoms with Gasteiger partial charge in [-0.25, -0.2) is 9.97 Å². The highest BCUT2D eigenvalue weighted by Gasteiger charge is 2.49. The van der Waals surface area contributed by atoms with Crippen molar-refractivity contribution in [3.63, 3.8) is 0 Å². The highest BCUT2D eigenvalue weighted by atomic mass is 16.5. The van der Waals surface area contributed by atoms with E-state index in [9.17, 15) is 9.59 Å². The van der Waals surface area contributed by atoms with Crippen molar-refractivity contribution in [2.45, 2.75) is 32.6 Å². The molecule has 0 aliphatic carbocycles. The molecular weight excluding hydrogens is 300 g/mol. The smallest absolute Gasteiger partial charge is 0.307 e. The molecule has 8 nitrogen and oxygen atoms in total. The molecule has 8 heteroatoms. The molecule has 0 saturated heterocycles. The third-order valence-corrected chi connectivity index (χ3v) is 3.62. The number of hydrogen-bond donors (Lipinski definition) is 3. The minimum Gasteiger partial charge on any atom is -0.481 e. The van der Waals surface area contributed by atoms with Gasteiger partial charge in [0, 0.05) is 0 Å². The van der Waals surface area contributed by atoms with Gasteiger partial charge in [-0.1, -0.05) is 6.58 Å². The van der Waals surface area contributed by atoms with Gasteiger partial charge in [0.1, 0.15) is 28.6 Å². The van der Waals surface area contributed by atoms with Gasteiger partial charge in [0.15, 0.2) is 0 Å². The summed E-state index contributed by atoms with van der Waals surface area (Å²) in [6.45, 7) is 8.66. The average Bonchev–Trinajstić information content (AvgIpc) is 2.67. The van der Waals surface area contributed by atoms with Crippen LogP contribution in [0.2, 0.25) is 0 Å². The van der Waals surface area contributed by atoms with E-state index in [1.165, 1.54) is 6.26 Å². The number of fused-ring (bicyclic) bond motifs is 1. The van der Waals surface area contributed by atoms with E-state index >= 15 is 0 Å². The predicted octanol–water partition coefficient (Wildman–Crippen LogP) is 1.49. The fraction of sp³-hybridized carbons (Fsp3) is 0.333. The molecule has 1 amide bonds. The first-order chi connectivity index (χ1) is 10.7. The molecule has 0 aromatic carbocycles. The first-order valence-corrected chi connectivity index (χ1v) is 6.85. The number of carbonyl (C=O) groups excluding carboxylic acids is 1. The largest absolute Gasteiger partial charge is 0.481 e. The summed E-state index contributed by atoms with van der Waals surface area (Å²) < 4.78 is 5.41. The summed E-state index contributed by atoms with van der Waals surface area (Å²) in [6.07, 6.45) is 1.09. The number of carbonyl (C=O) groups is 2. The van der Waals surface area contributed by atoms with Gasteiger partial charge < -0.3 is 20.9 Å². The quantitative estimate of drug-likeness (QED) is 0.702. The minimum atomic E-state index is -1.26. The second-order valence-electron chi connectivity index (χ2n) is 5.53. The molecule has 0 saturated carbocycles. The SMILES string of the molecule is C=C(O/C=C(\C)CC(=O)O)C1(C)C(=O)Nc2nc(C)nc(N)c21. The number of nitrogens with one attached hydrogen (secondary N) is 1. The van der Waals surface area contributed by atoms with E-state index in [-0.39, 0.29) is 23.9 Å². The Morgan fingerprint density at radius 2 is 2.17 bits per heavy atom. The Kier molecular flexibility index (Phi) is 4.09. The molecule has 1 aliphatic heterocycles. The summed E-state index contributed by atoms with van der Waals surface area (Å²) in [5, 5.41) is 11.4. The van der Waals surface area contributed by atoms with Crippen molar-refractivity contribution in [2.24, 2.45) is 0 Å². The van der Waals surface area contributed by atoms with E-state index in [2.05, 4.69) is 21.9 Å². The number of aryl methyl sites for hydroxylation is 1. The number of amides is 1. The van der Waals surface area contributed by atoms with Gasteiger partial charge in [-0.3, -0.25) is 9.59 Å². The number of ether oxygens (including phenoxy) is 1. The molecule has 2 heterocycles. The summed E-state index contributed by atoms with van der Waals surface area (Å²) in [5.74, 6) is -0.306. The van der Waals surface area contributed by atoms with Crippen LogP contribution in [0.15, 0.2) is 24.2 Å². The highest BCUT2D eigenvalue weighted by molar-refractivity contribution is 6.08. The molecular formula is C15H18N4O4. The molecule has 0 radical (unpaired) electrons. The summed E-state index contributed by atoms with van der Waals surface area (Å²) >= 11 is 0. The zero-order chi connectivity index (χ0) is 17.4. The van der Waals surface area contributed by atoms with Crippen LogP contribution in [0.1, 0.15) is 31.7 Å². The van der Waals surface area contributed by atoms with Gasteiger partial charge >= 0.3 is 5.97 Å². The van der Waals surface area contributed by atoms with E-state index < -0.39 is 11.4 Å². The monoisotopic (exact) mass is 318 g/mol. The van der Waals surface area contributed by atoms with Gasteiger partial charge in [0.2, 0.25) is 5.91 Å². The normalized spacial score (nSPS) is 20.0. The number of aromatic nitrogens is 2. The number of anilines is 2. The van der Waals surface area contributed by atoms with Crippen molar-refractivity contribution in [2.75, 3.05) is 11.1 Å². The Balaban J connectivity index is 2.34. The maximum absolute atomic E-state index is 12.4. The zero-order valence-electron chi connectivity index (χ0n) is 13.1. The van der Waals surface area contributed by atoms with E-state index in [1.807, 2.05) is 0 Å². The van der Waals surface area contributed by atoms with Crippen LogP contribution in [0.3, 0.4) is 0 Å². The van der Waals surface area contributed by atoms with Crippen LogP contribution in [0.5, 0.6) is 0 Å². The second kappa shape index (κ2) is 5.71. The summed E-state index contributed by atoms with van der Waals surface area (Å²) in [7, 11) is 0. The van der Waals surface area contributed by atoms with E-state index in [1.54, 1.807) is 20.8 Å². The Hall–Kier alpha value is -2.90. The van der Waals surface area contributed by atoms with Gasteiger partial charge in [-0.2, -0.15) is 0 Å². The molecule has 0 spiro atoms. The molecule has 0 bridgehead atoms. The lowest BCUT2D eigenvalue weighted by Crippen LogP contribution is -2.34. The lowest BCUT2D eigenvalue weighted by atomic mass is 9.83. The molecule has 2 rings (SSSR count). The van der Waals surface area contributed by atoms with Crippen LogP contribution in [0, 0.1) is 6.92 Å². The Bertz CT molecular complexity index is 741. The van der Waals surface area contributed by atoms with Gasteiger partial charge in [-0.15, -0.1) is 0 Å². The van der Waals surface area contributed by atoms with Crippen LogP contribution in [-0.2, 0) is 19.7 Å². The van der Waals surface area contributed by atoms with Crippen molar-refractivity contribution in [1.29, 1.82) is 0 Å². The number of hydrogen-bond acceptors (Lipinski definition) is 6. The first kappa shape index (κ1) is 16.5. The molecule has 23 heavy (non-hydrogen) atoms. The van der Waals surface area contributed by atoms with Crippen molar-refractivity contribution in [3.8, 4) is 0 Å². The van der Waals surface area contributed by atoms with Crippen LogP contribution < -0.4 is 11.1 Å². The Morgan fingerprint density at radius 3 is 2.78 bits per heavy atom. The molecule has 1 unspecified atom stereocenters. The van der Waals surface area contributed by atoms with Gasteiger partial charge in [0.05, 0.1) is 18.2 Å². The number of carboxylic acid groups (broad SMARTS) is 1. The molecule has 4 N–H and O–H groups in total. The number of carboxylic acids is 1. The van der Waals surface area contributed by atoms with Crippen molar-refractivity contribution < 1.29 is 19.4 Å². The number of nitrogens with zero attached hydrogens (tertiary/aromatic N) is 2. The second-order valence-corrected chi connectivity index (χ2v) is 5.53. The number of nitrogens with two attached hydrogens (primary N) is 1. The molecule has 1 aliphatic rings. The summed E-state index contributed by atoms with van der Waals surface area (Å²) in [4.78, 5) is 31.3. The number of nitrogen functional groups attached to an aromatic ring is 1. The molecule has 0 fully saturated rings. The lowest BCUT2D eigenvalue weighted by molar-refractivity contribution is -0.136. The molecule has 1 aromatic heterocycles. The van der Waals surface area contributed by atoms with Gasteiger partial charge in [0.25, 0.3) is 0 Å². The predicted molar refractivity (Wildman–Crippen MR) is 83.4 cm³/mol. The van der Waals surface area contributed by atoms with E-state index in [0.29, 0.717) is 22.8 Å². The van der Waals surface area contributed by atoms with Crippen LogP contribution >= 0.6 is 0 Å². The Labute approximate surface area is 133 Å². The fourth-order valence-electron chi connectivity index (χ4n) is 2.36. The van der Waals surface area contributed by atoms with Crippen molar-refractivity contribution in [1.82, 2.24) is 9.97 Å². The van der Waals surface area contributed by atoms with Crippen molar-refractivity contribution >= 4 is 23.5 Å². The third kappa shape index (κ3) is 2.87. The average molecular weight is 318 g/mol. The van der Waals surface area contributed by atoms with Crippen molar-refractivity contribution in [3.05, 3.63) is 35.6 Å². The summed E-state index contributed by atoms with van der Waals surface area (Å²) in [6, 6.07) is 0. The highest BCUT2D eigenvalue weighted by Crippen LogP contribution is 2.44. The van der Waals surface area contributed by atoms with E-state index in [0.717, 1.165) is 0 Å². The number of rotatable bonds is 5. The van der Waals surface area contributed by atoms with Crippen LogP contribution in [0.25, 0.3) is 0 Å². The lowest BCUT2D eigenvalue weighted by Gasteiger charge is -2.24. The standard InChI is InChI=1S/C15H18N4O4/c1-7(5-10(20)21)6-23-8(2)15(4)11-12(16)17-9(3)18-13(11)19-14(15)22/h6H,2,5H2,1,3-4H3,(H,20,21)(H3,16,17,18,19,22)/b7-6+.